The molecule has 0 aliphatic heterocycles. The Morgan fingerprint density at radius 3 is 2.87 bits per heavy atom. The minimum absolute atomic E-state index is 0.752. The van der Waals surface area contributed by atoms with Crippen molar-refractivity contribution < 1.29 is 0 Å². The topological polar surface area (TPSA) is 63.8 Å². The number of fused-ring (bicyclic) bond motifs is 1. The van der Waals surface area contributed by atoms with Crippen LogP contribution in [0.1, 0.15) is 18.4 Å². The number of anilines is 2. The monoisotopic (exact) mass is 304 g/mol. The van der Waals surface area contributed by atoms with Crippen LogP contribution in [0.5, 0.6) is 0 Å². The van der Waals surface area contributed by atoms with Gasteiger partial charge in [0.15, 0.2) is 0 Å². The van der Waals surface area contributed by atoms with Gasteiger partial charge < -0.3 is 11.1 Å². The fourth-order valence-electron chi connectivity index (χ4n) is 2.88. The van der Waals surface area contributed by atoms with Crippen molar-refractivity contribution >= 4 is 22.3 Å². The van der Waals surface area contributed by atoms with Crippen LogP contribution in [0.25, 0.3) is 21.9 Å². The quantitative estimate of drug-likeness (QED) is 0.715. The predicted octanol–water partition coefficient (Wildman–Crippen LogP) is 4.01. The lowest BCUT2D eigenvalue weighted by molar-refractivity contribution is 0.883. The van der Waals surface area contributed by atoms with E-state index in [1.807, 2.05) is 30.7 Å². The molecule has 1 aliphatic carbocycles. The second-order valence-corrected chi connectivity index (χ2v) is 6.37. The summed E-state index contributed by atoms with van der Waals surface area (Å²) in [5.41, 5.74) is 10.4. The Balaban J connectivity index is 1.76. The number of nitrogens with one attached hydrogen (secondary N) is 1. The molecular formula is C19H20N4. The number of benzene rings is 1. The highest BCUT2D eigenvalue weighted by Crippen LogP contribution is 2.32. The molecule has 116 valence electrons. The zero-order chi connectivity index (χ0) is 15.8. The molecule has 0 saturated heterocycles. The van der Waals surface area contributed by atoms with E-state index in [9.17, 15) is 0 Å². The lowest BCUT2D eigenvalue weighted by Crippen LogP contribution is -2.04. The summed E-state index contributed by atoms with van der Waals surface area (Å²) in [5, 5.41) is 5.53. The Kier molecular flexibility index (Phi) is 3.37. The molecule has 1 saturated carbocycles. The van der Waals surface area contributed by atoms with Gasteiger partial charge in [0, 0.05) is 41.8 Å². The highest BCUT2D eigenvalue weighted by molar-refractivity contribution is 5.97. The molecule has 4 heteroatoms. The fourth-order valence-corrected chi connectivity index (χ4v) is 2.88. The zero-order valence-corrected chi connectivity index (χ0v) is 13.2. The molecule has 0 unspecified atom stereocenters. The minimum atomic E-state index is 0.752. The number of aromatic nitrogens is 2. The molecule has 4 nitrogen and oxygen atoms in total. The predicted molar refractivity (Wildman–Crippen MR) is 95.3 cm³/mol. The van der Waals surface area contributed by atoms with Crippen molar-refractivity contribution in [3.8, 4) is 11.1 Å². The van der Waals surface area contributed by atoms with Crippen LogP contribution in [0.3, 0.4) is 0 Å². The smallest absolute Gasteiger partial charge is 0.126 e. The molecule has 0 bridgehead atoms. The maximum atomic E-state index is 6.25. The molecule has 2 heterocycles. The van der Waals surface area contributed by atoms with Crippen molar-refractivity contribution in [1.82, 2.24) is 9.97 Å². The summed E-state index contributed by atoms with van der Waals surface area (Å²) in [5.74, 6) is 1.74. The molecule has 0 amide bonds. The van der Waals surface area contributed by atoms with Crippen molar-refractivity contribution in [3.05, 3.63) is 48.4 Å². The van der Waals surface area contributed by atoms with Crippen molar-refractivity contribution in [3.63, 3.8) is 0 Å². The first-order chi connectivity index (χ1) is 11.2. The van der Waals surface area contributed by atoms with Crippen LogP contribution in [0.15, 0.2) is 42.9 Å². The van der Waals surface area contributed by atoms with Gasteiger partial charge in [0.05, 0.1) is 0 Å². The summed E-state index contributed by atoms with van der Waals surface area (Å²) >= 11 is 0. The molecule has 1 fully saturated rings. The van der Waals surface area contributed by atoms with Gasteiger partial charge in [-0.05, 0) is 66.5 Å². The first-order valence-electron chi connectivity index (χ1n) is 8.05. The van der Waals surface area contributed by atoms with Gasteiger partial charge in [-0.2, -0.15) is 0 Å². The van der Waals surface area contributed by atoms with Gasteiger partial charge in [-0.15, -0.1) is 0 Å². The summed E-state index contributed by atoms with van der Waals surface area (Å²) in [4.78, 5) is 8.72. The van der Waals surface area contributed by atoms with E-state index in [-0.39, 0.29) is 0 Å². The Labute approximate surface area is 135 Å². The molecule has 0 radical (unpaired) electrons. The van der Waals surface area contributed by atoms with E-state index in [1.165, 1.54) is 18.4 Å². The van der Waals surface area contributed by atoms with Gasteiger partial charge in [-0.1, -0.05) is 0 Å². The lowest BCUT2D eigenvalue weighted by Gasteiger charge is -2.11. The number of pyridine rings is 2. The van der Waals surface area contributed by atoms with Gasteiger partial charge in [0.25, 0.3) is 0 Å². The summed E-state index contributed by atoms with van der Waals surface area (Å²) < 4.78 is 0. The van der Waals surface area contributed by atoms with Crippen molar-refractivity contribution in [2.24, 2.45) is 5.92 Å². The fraction of sp³-hybridized carbons (Fsp3) is 0.263. The molecule has 1 aliphatic rings. The van der Waals surface area contributed by atoms with E-state index < -0.39 is 0 Å². The molecule has 3 N–H and O–H groups in total. The van der Waals surface area contributed by atoms with Crippen molar-refractivity contribution in [1.29, 1.82) is 0 Å². The van der Waals surface area contributed by atoms with Crippen LogP contribution < -0.4 is 11.1 Å². The van der Waals surface area contributed by atoms with Crippen molar-refractivity contribution in [2.45, 2.75) is 19.8 Å². The number of hydrogen-bond acceptors (Lipinski definition) is 4. The SMILES string of the molecule is Cc1ccncc1-c1cc(N)c2cnc(NCC3CC3)cc2c1. The number of nitrogens with zero attached hydrogens (tertiary/aromatic N) is 2. The standard InChI is InChI=1S/C19H20N4/c1-12-4-5-21-10-16(12)14-6-15-8-19(22-9-13-2-3-13)23-11-17(15)18(20)7-14/h4-8,10-11,13H,2-3,9,20H2,1H3,(H,22,23). The largest absolute Gasteiger partial charge is 0.398 e. The summed E-state index contributed by atoms with van der Waals surface area (Å²) in [6.45, 7) is 3.10. The Bertz CT molecular complexity index is 868. The average Bonchev–Trinajstić information content (AvgIpc) is 3.37. The zero-order valence-electron chi connectivity index (χ0n) is 13.2. The van der Waals surface area contributed by atoms with Gasteiger partial charge >= 0.3 is 0 Å². The minimum Gasteiger partial charge on any atom is -0.398 e. The summed E-state index contributed by atoms with van der Waals surface area (Å²) in [6.07, 6.45) is 8.23. The van der Waals surface area contributed by atoms with Crippen LogP contribution in [0.4, 0.5) is 11.5 Å². The first kappa shape index (κ1) is 14.0. The highest BCUT2D eigenvalue weighted by Gasteiger charge is 2.20. The second kappa shape index (κ2) is 5.54. The Morgan fingerprint density at radius 2 is 2.09 bits per heavy atom. The molecule has 2 aromatic heterocycles. The Morgan fingerprint density at radius 1 is 1.22 bits per heavy atom. The molecule has 23 heavy (non-hydrogen) atoms. The van der Waals surface area contributed by atoms with Crippen LogP contribution in [0.2, 0.25) is 0 Å². The highest BCUT2D eigenvalue weighted by atomic mass is 15.0. The van der Waals surface area contributed by atoms with Crippen molar-refractivity contribution in [2.75, 3.05) is 17.6 Å². The maximum absolute atomic E-state index is 6.25. The van der Waals surface area contributed by atoms with Gasteiger partial charge in [0.1, 0.15) is 5.82 Å². The molecule has 4 rings (SSSR count). The van der Waals surface area contributed by atoms with Crippen LogP contribution in [-0.4, -0.2) is 16.5 Å². The third kappa shape index (κ3) is 2.84. The normalized spacial score (nSPS) is 14.1. The van der Waals surface area contributed by atoms with Gasteiger partial charge in [-0.25, -0.2) is 4.98 Å². The summed E-state index contributed by atoms with van der Waals surface area (Å²) in [7, 11) is 0. The second-order valence-electron chi connectivity index (χ2n) is 6.37. The van der Waals surface area contributed by atoms with Gasteiger partial charge in [0.2, 0.25) is 0 Å². The molecule has 0 spiro atoms. The van der Waals surface area contributed by atoms with E-state index >= 15 is 0 Å². The summed E-state index contributed by atoms with van der Waals surface area (Å²) in [6, 6.07) is 8.28. The maximum Gasteiger partial charge on any atom is 0.126 e. The molecule has 1 aromatic carbocycles. The number of hydrogen-bond donors (Lipinski definition) is 2. The number of aryl methyl sites for hydroxylation is 1. The van der Waals surface area contributed by atoms with E-state index in [0.717, 1.165) is 45.9 Å². The average molecular weight is 304 g/mol. The van der Waals surface area contributed by atoms with Crippen LogP contribution in [-0.2, 0) is 0 Å². The lowest BCUT2D eigenvalue weighted by atomic mass is 9.99. The van der Waals surface area contributed by atoms with Gasteiger partial charge in [-0.3, -0.25) is 4.98 Å². The number of nitrogens with two attached hydrogens (primary N) is 1. The van der Waals surface area contributed by atoms with E-state index in [4.69, 9.17) is 5.73 Å². The van der Waals surface area contributed by atoms with E-state index in [1.54, 1.807) is 0 Å². The molecular weight excluding hydrogens is 284 g/mol. The number of rotatable bonds is 4. The third-order valence-electron chi connectivity index (χ3n) is 4.49. The third-order valence-corrected chi connectivity index (χ3v) is 4.49. The Hall–Kier alpha value is -2.62. The molecule has 0 atom stereocenters. The van der Waals surface area contributed by atoms with Crippen LogP contribution in [0, 0.1) is 12.8 Å². The van der Waals surface area contributed by atoms with E-state index in [0.29, 0.717) is 0 Å². The molecule has 3 aromatic rings. The van der Waals surface area contributed by atoms with E-state index in [2.05, 4.69) is 34.3 Å². The first-order valence-corrected chi connectivity index (χ1v) is 8.05. The number of nitrogen functional groups attached to an aromatic ring is 1. The van der Waals surface area contributed by atoms with Crippen LogP contribution >= 0.6 is 0 Å².